The summed E-state index contributed by atoms with van der Waals surface area (Å²) in [5.41, 5.74) is 2.02. The van der Waals surface area contributed by atoms with Crippen LogP contribution in [0.3, 0.4) is 0 Å². The van der Waals surface area contributed by atoms with Gasteiger partial charge in [-0.15, -0.1) is 0 Å². The summed E-state index contributed by atoms with van der Waals surface area (Å²) in [6, 6.07) is 7.20. The number of thioether (sulfide) groups is 1. The molecule has 0 saturated heterocycles. The molecule has 1 aromatic carbocycles. The highest BCUT2D eigenvalue weighted by Crippen LogP contribution is 2.16. The molecule has 112 valence electrons. The number of benzene rings is 1. The zero-order chi connectivity index (χ0) is 15.0. The lowest BCUT2D eigenvalue weighted by Gasteiger charge is -2.16. The lowest BCUT2D eigenvalue weighted by atomic mass is 10.0. The van der Waals surface area contributed by atoms with Gasteiger partial charge in [0.1, 0.15) is 6.04 Å². The molecule has 4 nitrogen and oxygen atoms in total. The largest absolute Gasteiger partial charge is 0.480 e. The van der Waals surface area contributed by atoms with Crippen molar-refractivity contribution < 1.29 is 15.0 Å². The summed E-state index contributed by atoms with van der Waals surface area (Å²) in [6.45, 7) is 2.49. The highest BCUT2D eigenvalue weighted by atomic mass is 32.2. The van der Waals surface area contributed by atoms with E-state index in [-0.39, 0.29) is 0 Å². The first-order valence-electron chi connectivity index (χ1n) is 6.74. The molecular formula is C15H23NO3S. The lowest BCUT2D eigenvalue weighted by Crippen LogP contribution is -2.38. The van der Waals surface area contributed by atoms with Crippen LogP contribution in [0.4, 0.5) is 0 Å². The van der Waals surface area contributed by atoms with Crippen molar-refractivity contribution in [2.45, 2.75) is 31.9 Å². The monoisotopic (exact) mass is 297 g/mol. The molecule has 0 aliphatic carbocycles. The first-order chi connectivity index (χ1) is 9.54. The van der Waals surface area contributed by atoms with Crippen LogP contribution in [-0.2, 0) is 4.79 Å². The molecule has 0 unspecified atom stereocenters. The Labute approximate surface area is 124 Å². The highest BCUT2D eigenvalue weighted by Gasteiger charge is 2.16. The Hall–Kier alpha value is -1.04. The highest BCUT2D eigenvalue weighted by molar-refractivity contribution is 7.98. The maximum Gasteiger partial charge on any atom is 0.320 e. The topological polar surface area (TPSA) is 69.6 Å². The number of aliphatic hydroxyl groups is 1. The molecule has 0 aromatic heterocycles. The molecule has 0 aliphatic heterocycles. The SMILES string of the molecule is CSCC[C@H](NCC[C@H](O)c1ccc(C)cc1)C(=O)O. The molecule has 0 bridgehead atoms. The van der Waals surface area contributed by atoms with Crippen LogP contribution in [0, 0.1) is 6.92 Å². The van der Waals surface area contributed by atoms with Crippen molar-refractivity contribution in [1.29, 1.82) is 0 Å². The molecule has 3 N–H and O–H groups in total. The van der Waals surface area contributed by atoms with Gasteiger partial charge in [0, 0.05) is 0 Å². The Kier molecular flexibility index (Phi) is 7.65. The maximum absolute atomic E-state index is 11.1. The van der Waals surface area contributed by atoms with Crippen LogP contribution in [0.2, 0.25) is 0 Å². The van der Waals surface area contributed by atoms with Gasteiger partial charge in [0.15, 0.2) is 0 Å². The van der Waals surface area contributed by atoms with E-state index in [4.69, 9.17) is 5.11 Å². The minimum atomic E-state index is -0.830. The standard InChI is InChI=1S/C15H23NO3S/c1-11-3-5-12(6-4-11)14(17)7-9-16-13(15(18)19)8-10-20-2/h3-6,13-14,16-17H,7-10H2,1-2H3,(H,18,19)/t13-,14-/m0/s1. The molecule has 0 spiro atoms. The third-order valence-corrected chi connectivity index (χ3v) is 3.82. The summed E-state index contributed by atoms with van der Waals surface area (Å²) in [7, 11) is 0. The van der Waals surface area contributed by atoms with Crippen molar-refractivity contribution in [2.24, 2.45) is 0 Å². The molecule has 0 fully saturated rings. The predicted molar refractivity (Wildman–Crippen MR) is 83.2 cm³/mol. The third kappa shape index (κ3) is 5.94. The minimum absolute atomic E-state index is 0.486. The van der Waals surface area contributed by atoms with Crippen molar-refractivity contribution in [2.75, 3.05) is 18.6 Å². The maximum atomic E-state index is 11.1. The molecule has 0 radical (unpaired) electrons. The number of carboxylic acid groups (broad SMARTS) is 1. The van der Waals surface area contributed by atoms with Crippen molar-refractivity contribution in [1.82, 2.24) is 5.32 Å². The van der Waals surface area contributed by atoms with Gasteiger partial charge in [0.2, 0.25) is 0 Å². The Bertz CT molecular complexity index is 408. The zero-order valence-electron chi connectivity index (χ0n) is 12.0. The van der Waals surface area contributed by atoms with Gasteiger partial charge in [0.25, 0.3) is 0 Å². The normalized spacial score (nSPS) is 13.9. The molecular weight excluding hydrogens is 274 g/mol. The van der Waals surface area contributed by atoms with Gasteiger partial charge in [-0.2, -0.15) is 11.8 Å². The Morgan fingerprint density at radius 1 is 1.30 bits per heavy atom. The Balaban J connectivity index is 2.38. The van der Waals surface area contributed by atoms with Gasteiger partial charge in [-0.05, 0) is 43.9 Å². The van der Waals surface area contributed by atoms with Crippen LogP contribution in [0.15, 0.2) is 24.3 Å². The second-order valence-electron chi connectivity index (χ2n) is 4.84. The second-order valence-corrected chi connectivity index (χ2v) is 5.83. The van der Waals surface area contributed by atoms with E-state index in [2.05, 4.69) is 5.32 Å². The van der Waals surface area contributed by atoms with Crippen molar-refractivity contribution in [3.63, 3.8) is 0 Å². The molecule has 0 heterocycles. The second kappa shape index (κ2) is 9.00. The molecule has 0 aliphatic rings. The van der Waals surface area contributed by atoms with Crippen molar-refractivity contribution in [3.8, 4) is 0 Å². The minimum Gasteiger partial charge on any atom is -0.480 e. The number of aliphatic carboxylic acids is 1. The first kappa shape index (κ1) is 17.0. The number of hydrogen-bond acceptors (Lipinski definition) is 4. The summed E-state index contributed by atoms with van der Waals surface area (Å²) in [5.74, 6) is -0.0197. The molecule has 1 aromatic rings. The lowest BCUT2D eigenvalue weighted by molar-refractivity contribution is -0.139. The van der Waals surface area contributed by atoms with Crippen molar-refractivity contribution >= 4 is 17.7 Å². The molecule has 20 heavy (non-hydrogen) atoms. The van der Waals surface area contributed by atoms with Crippen LogP contribution < -0.4 is 5.32 Å². The average molecular weight is 297 g/mol. The Morgan fingerprint density at radius 3 is 2.50 bits per heavy atom. The fourth-order valence-corrected chi connectivity index (χ4v) is 2.37. The van der Waals surface area contributed by atoms with E-state index in [0.717, 1.165) is 16.9 Å². The fourth-order valence-electron chi connectivity index (χ4n) is 1.90. The molecule has 0 amide bonds. The molecule has 1 rings (SSSR count). The zero-order valence-corrected chi connectivity index (χ0v) is 12.8. The molecule has 2 atom stereocenters. The molecule has 5 heteroatoms. The van der Waals surface area contributed by atoms with Crippen LogP contribution in [-0.4, -0.2) is 40.8 Å². The van der Waals surface area contributed by atoms with E-state index < -0.39 is 18.1 Å². The number of carbonyl (C=O) groups is 1. The number of hydrogen-bond donors (Lipinski definition) is 3. The summed E-state index contributed by atoms with van der Waals surface area (Å²) in [6.07, 6.45) is 2.50. The van der Waals surface area contributed by atoms with Crippen molar-refractivity contribution in [3.05, 3.63) is 35.4 Å². The van der Waals surface area contributed by atoms with E-state index in [1.807, 2.05) is 37.4 Å². The summed E-state index contributed by atoms with van der Waals surface area (Å²) >= 11 is 1.63. The van der Waals surface area contributed by atoms with Gasteiger partial charge in [-0.25, -0.2) is 0 Å². The van der Waals surface area contributed by atoms with E-state index >= 15 is 0 Å². The fraction of sp³-hybridized carbons (Fsp3) is 0.533. The number of rotatable bonds is 9. The van der Waals surface area contributed by atoms with E-state index in [0.29, 0.717) is 19.4 Å². The first-order valence-corrected chi connectivity index (χ1v) is 8.13. The number of carboxylic acids is 1. The smallest absolute Gasteiger partial charge is 0.320 e. The quantitative estimate of drug-likeness (QED) is 0.652. The average Bonchev–Trinajstić information content (AvgIpc) is 2.42. The number of nitrogens with one attached hydrogen (secondary N) is 1. The van der Waals surface area contributed by atoms with Crippen LogP contribution in [0.5, 0.6) is 0 Å². The number of aryl methyl sites for hydroxylation is 1. The third-order valence-electron chi connectivity index (χ3n) is 3.18. The number of aliphatic hydroxyl groups excluding tert-OH is 1. The van der Waals surface area contributed by atoms with Gasteiger partial charge < -0.3 is 15.5 Å². The van der Waals surface area contributed by atoms with E-state index in [9.17, 15) is 9.90 Å². The summed E-state index contributed by atoms with van der Waals surface area (Å²) in [4.78, 5) is 11.1. The summed E-state index contributed by atoms with van der Waals surface area (Å²) < 4.78 is 0. The van der Waals surface area contributed by atoms with Gasteiger partial charge in [0.05, 0.1) is 6.10 Å². The van der Waals surface area contributed by atoms with Crippen LogP contribution in [0.1, 0.15) is 30.1 Å². The van der Waals surface area contributed by atoms with Gasteiger partial charge in [-0.3, -0.25) is 4.79 Å². The Morgan fingerprint density at radius 2 is 1.95 bits per heavy atom. The van der Waals surface area contributed by atoms with E-state index in [1.54, 1.807) is 11.8 Å². The predicted octanol–water partition coefficient (Wildman–Crippen LogP) is 2.21. The van der Waals surface area contributed by atoms with Gasteiger partial charge in [-0.1, -0.05) is 29.8 Å². The van der Waals surface area contributed by atoms with E-state index in [1.165, 1.54) is 0 Å². The van der Waals surface area contributed by atoms with Crippen LogP contribution >= 0.6 is 11.8 Å². The van der Waals surface area contributed by atoms with Crippen LogP contribution in [0.25, 0.3) is 0 Å². The summed E-state index contributed by atoms with van der Waals surface area (Å²) in [5, 5.41) is 22.1. The molecule has 0 saturated carbocycles. The van der Waals surface area contributed by atoms with Gasteiger partial charge >= 0.3 is 5.97 Å².